The van der Waals surface area contributed by atoms with Crippen LogP contribution in [0, 0.1) is 6.92 Å². The molecule has 1 aromatic carbocycles. The highest BCUT2D eigenvalue weighted by Gasteiger charge is 2.34. The number of rotatable bonds is 5. The van der Waals surface area contributed by atoms with Crippen LogP contribution in [0.25, 0.3) is 0 Å². The molecule has 1 N–H and O–H groups in total. The van der Waals surface area contributed by atoms with Gasteiger partial charge in [-0.05, 0) is 53.0 Å². The standard InChI is InChI=1S/C18H16BrN3O3/c1-11-9-15(20-10-14(11)19)21-16(23)7-4-8-22-17(24)12-5-2-3-6-13(12)18(22)25/h2-3,5-6,9-10H,4,7-8H2,1H3,(H,20,21,23). The SMILES string of the molecule is Cc1cc(NC(=O)CCCN2C(=O)c3ccccc3C2=O)ncc1Br. The number of nitrogens with one attached hydrogen (secondary N) is 1. The van der Waals surface area contributed by atoms with Gasteiger partial charge in [0.2, 0.25) is 5.91 Å². The Kier molecular flexibility index (Phi) is 4.94. The molecule has 0 atom stereocenters. The van der Waals surface area contributed by atoms with Crippen LogP contribution in [0.4, 0.5) is 5.82 Å². The molecule has 2 aromatic rings. The van der Waals surface area contributed by atoms with Gasteiger partial charge in [-0.15, -0.1) is 0 Å². The Balaban J connectivity index is 1.53. The maximum Gasteiger partial charge on any atom is 0.261 e. The molecule has 0 radical (unpaired) electrons. The number of aromatic nitrogens is 1. The minimum atomic E-state index is -0.300. The van der Waals surface area contributed by atoms with Gasteiger partial charge in [0, 0.05) is 23.6 Å². The number of hydrogen-bond acceptors (Lipinski definition) is 4. The molecule has 0 saturated heterocycles. The zero-order valence-electron chi connectivity index (χ0n) is 13.6. The van der Waals surface area contributed by atoms with Crippen molar-refractivity contribution < 1.29 is 14.4 Å². The van der Waals surface area contributed by atoms with Crippen molar-refractivity contribution >= 4 is 39.5 Å². The van der Waals surface area contributed by atoms with E-state index < -0.39 is 0 Å². The van der Waals surface area contributed by atoms with E-state index in [0.717, 1.165) is 10.0 Å². The molecule has 6 nitrogen and oxygen atoms in total. The number of imide groups is 1. The van der Waals surface area contributed by atoms with E-state index in [0.29, 0.717) is 23.4 Å². The van der Waals surface area contributed by atoms with Gasteiger partial charge >= 0.3 is 0 Å². The molecule has 1 aliphatic heterocycles. The highest BCUT2D eigenvalue weighted by atomic mass is 79.9. The number of amides is 3. The second kappa shape index (κ2) is 7.14. The van der Waals surface area contributed by atoms with Gasteiger partial charge in [0.05, 0.1) is 11.1 Å². The fourth-order valence-electron chi connectivity index (χ4n) is 2.65. The van der Waals surface area contributed by atoms with Crippen LogP contribution in [-0.2, 0) is 4.79 Å². The molecule has 25 heavy (non-hydrogen) atoms. The van der Waals surface area contributed by atoms with E-state index in [1.807, 2.05) is 6.92 Å². The molecule has 0 unspecified atom stereocenters. The van der Waals surface area contributed by atoms with E-state index in [-0.39, 0.29) is 30.7 Å². The second-order valence-electron chi connectivity index (χ2n) is 5.78. The van der Waals surface area contributed by atoms with E-state index in [9.17, 15) is 14.4 Å². The summed E-state index contributed by atoms with van der Waals surface area (Å²) in [6, 6.07) is 8.52. The third-order valence-corrected chi connectivity index (χ3v) is 4.81. The Bertz CT molecular complexity index is 831. The van der Waals surface area contributed by atoms with E-state index in [4.69, 9.17) is 0 Å². The molecule has 0 saturated carbocycles. The third kappa shape index (κ3) is 3.61. The lowest BCUT2D eigenvalue weighted by Gasteiger charge is -2.13. The number of carbonyl (C=O) groups excluding carboxylic acids is 3. The Morgan fingerprint density at radius 2 is 1.84 bits per heavy atom. The van der Waals surface area contributed by atoms with Crippen LogP contribution in [0.5, 0.6) is 0 Å². The van der Waals surface area contributed by atoms with Crippen LogP contribution in [0.3, 0.4) is 0 Å². The fourth-order valence-corrected chi connectivity index (χ4v) is 2.87. The summed E-state index contributed by atoms with van der Waals surface area (Å²) in [5.41, 5.74) is 1.81. The van der Waals surface area contributed by atoms with E-state index in [1.54, 1.807) is 36.5 Å². The number of benzene rings is 1. The maximum atomic E-state index is 12.2. The number of halogens is 1. The Hall–Kier alpha value is -2.54. The molecule has 3 rings (SSSR count). The topological polar surface area (TPSA) is 79.4 Å². The predicted octanol–water partition coefficient (Wildman–Crippen LogP) is 3.17. The Morgan fingerprint density at radius 3 is 2.44 bits per heavy atom. The van der Waals surface area contributed by atoms with Crippen LogP contribution in [-0.4, -0.2) is 34.2 Å². The minimum absolute atomic E-state index is 0.199. The molecule has 7 heteroatoms. The maximum absolute atomic E-state index is 12.2. The van der Waals surface area contributed by atoms with Gasteiger partial charge in [0.1, 0.15) is 5.82 Å². The molecule has 0 bridgehead atoms. The number of hydrogen-bond donors (Lipinski definition) is 1. The average molecular weight is 402 g/mol. The second-order valence-corrected chi connectivity index (χ2v) is 6.63. The zero-order valence-corrected chi connectivity index (χ0v) is 15.2. The summed E-state index contributed by atoms with van der Waals surface area (Å²) in [6.45, 7) is 2.12. The lowest BCUT2D eigenvalue weighted by Crippen LogP contribution is -2.31. The Morgan fingerprint density at radius 1 is 1.20 bits per heavy atom. The van der Waals surface area contributed by atoms with Crippen LogP contribution in [0.15, 0.2) is 41.0 Å². The summed E-state index contributed by atoms with van der Waals surface area (Å²) in [5.74, 6) is -0.324. The molecular formula is C18H16BrN3O3. The first-order valence-corrected chi connectivity index (χ1v) is 8.64. The highest BCUT2D eigenvalue weighted by molar-refractivity contribution is 9.10. The minimum Gasteiger partial charge on any atom is -0.311 e. The van der Waals surface area contributed by atoms with Crippen LogP contribution in [0.1, 0.15) is 39.1 Å². The summed E-state index contributed by atoms with van der Waals surface area (Å²) in [5, 5.41) is 2.72. The van der Waals surface area contributed by atoms with Crippen LogP contribution >= 0.6 is 15.9 Å². The van der Waals surface area contributed by atoms with Gasteiger partial charge < -0.3 is 5.32 Å². The number of fused-ring (bicyclic) bond motifs is 1. The highest BCUT2D eigenvalue weighted by Crippen LogP contribution is 2.22. The van der Waals surface area contributed by atoms with Crippen molar-refractivity contribution in [2.45, 2.75) is 19.8 Å². The van der Waals surface area contributed by atoms with Crippen molar-refractivity contribution in [3.05, 3.63) is 57.7 Å². The van der Waals surface area contributed by atoms with Gasteiger partial charge in [-0.25, -0.2) is 4.98 Å². The fraction of sp³-hybridized carbons (Fsp3) is 0.222. The summed E-state index contributed by atoms with van der Waals surface area (Å²) >= 11 is 3.35. The number of nitrogens with zero attached hydrogens (tertiary/aromatic N) is 2. The normalized spacial score (nSPS) is 13.1. The summed E-state index contributed by atoms with van der Waals surface area (Å²) in [7, 11) is 0. The van der Waals surface area contributed by atoms with E-state index in [2.05, 4.69) is 26.2 Å². The molecule has 0 spiro atoms. The first-order valence-electron chi connectivity index (χ1n) is 7.84. The number of carbonyl (C=O) groups is 3. The van der Waals surface area contributed by atoms with Crippen molar-refractivity contribution in [1.82, 2.24) is 9.88 Å². The largest absolute Gasteiger partial charge is 0.311 e. The smallest absolute Gasteiger partial charge is 0.261 e. The Labute approximate surface area is 153 Å². The quantitative estimate of drug-likeness (QED) is 0.780. The number of anilines is 1. The van der Waals surface area contributed by atoms with E-state index in [1.165, 1.54) is 4.90 Å². The van der Waals surface area contributed by atoms with Crippen molar-refractivity contribution in [3.8, 4) is 0 Å². The molecule has 3 amide bonds. The summed E-state index contributed by atoms with van der Waals surface area (Å²) < 4.78 is 0.871. The summed E-state index contributed by atoms with van der Waals surface area (Å²) in [4.78, 5) is 41.8. The van der Waals surface area contributed by atoms with Crippen molar-refractivity contribution in [1.29, 1.82) is 0 Å². The lowest BCUT2D eigenvalue weighted by atomic mass is 10.1. The van der Waals surface area contributed by atoms with Crippen molar-refractivity contribution in [2.24, 2.45) is 0 Å². The zero-order chi connectivity index (χ0) is 18.0. The predicted molar refractivity (Wildman–Crippen MR) is 96.3 cm³/mol. The third-order valence-electron chi connectivity index (χ3n) is 3.98. The van der Waals surface area contributed by atoms with Crippen molar-refractivity contribution in [3.63, 3.8) is 0 Å². The van der Waals surface area contributed by atoms with Crippen LogP contribution < -0.4 is 5.32 Å². The average Bonchev–Trinajstić information content (AvgIpc) is 2.83. The molecular weight excluding hydrogens is 386 g/mol. The monoisotopic (exact) mass is 401 g/mol. The first kappa shape index (κ1) is 17.3. The van der Waals surface area contributed by atoms with Gasteiger partial charge in [0.25, 0.3) is 11.8 Å². The lowest BCUT2D eigenvalue weighted by molar-refractivity contribution is -0.116. The van der Waals surface area contributed by atoms with Crippen LogP contribution in [0.2, 0.25) is 0 Å². The molecule has 2 heterocycles. The van der Waals surface area contributed by atoms with Gasteiger partial charge in [0.15, 0.2) is 0 Å². The van der Waals surface area contributed by atoms with Gasteiger partial charge in [-0.2, -0.15) is 0 Å². The first-order chi connectivity index (χ1) is 12.0. The van der Waals surface area contributed by atoms with E-state index >= 15 is 0 Å². The van der Waals surface area contributed by atoms with Gasteiger partial charge in [-0.3, -0.25) is 19.3 Å². The number of pyridine rings is 1. The number of aryl methyl sites for hydroxylation is 1. The van der Waals surface area contributed by atoms with Crippen molar-refractivity contribution in [2.75, 3.05) is 11.9 Å². The molecule has 128 valence electrons. The van der Waals surface area contributed by atoms with Gasteiger partial charge in [-0.1, -0.05) is 12.1 Å². The summed E-state index contributed by atoms with van der Waals surface area (Å²) in [6.07, 6.45) is 2.22. The molecule has 1 aromatic heterocycles. The molecule has 0 aliphatic carbocycles. The molecule has 0 fully saturated rings. The molecule has 1 aliphatic rings.